The van der Waals surface area contributed by atoms with Gasteiger partial charge in [0.25, 0.3) is 0 Å². The van der Waals surface area contributed by atoms with Crippen molar-refractivity contribution in [3.05, 3.63) is 35.9 Å². The number of Topliss-reactive ketones (excluding diaryl/α,β-unsaturated/α-hetero) is 1. The van der Waals surface area contributed by atoms with Crippen molar-refractivity contribution in [3.8, 4) is 0 Å². The monoisotopic (exact) mass is 505 g/mol. The molecule has 1 unspecified atom stereocenters. The van der Waals surface area contributed by atoms with E-state index in [9.17, 15) is 24.0 Å². The number of carbonyl (C=O) groups excluding carboxylic acids is 5. The number of hydrogen-bond donors (Lipinski definition) is 1. The standard InChI is InChI=1S/C25H35N3O8/c1-6-19(29)25(21(31)34-5)14-10-15-27(25)20(30)13-16-28(23(33)36-24(2,3)4)26-22(32)35-17-18-11-8-7-9-12-18/h7-9,11-12H,6,10,13-17H2,1-5H3,(H,26,32). The summed E-state index contributed by atoms with van der Waals surface area (Å²) in [5.41, 5.74) is 0.518. The van der Waals surface area contributed by atoms with E-state index in [1.807, 2.05) is 6.07 Å². The highest BCUT2D eigenvalue weighted by atomic mass is 16.6. The Morgan fingerprint density at radius 3 is 2.36 bits per heavy atom. The van der Waals surface area contributed by atoms with Gasteiger partial charge in [-0.3, -0.25) is 9.59 Å². The largest absolute Gasteiger partial charge is 0.467 e. The van der Waals surface area contributed by atoms with Gasteiger partial charge in [-0.2, -0.15) is 0 Å². The molecule has 11 heteroatoms. The number of likely N-dealkylation sites (tertiary alicyclic amines) is 1. The third kappa shape index (κ3) is 7.19. The molecule has 0 aromatic heterocycles. The predicted octanol–water partition coefficient (Wildman–Crippen LogP) is 2.97. The summed E-state index contributed by atoms with van der Waals surface area (Å²) < 4.78 is 15.4. The number of carbonyl (C=O) groups is 5. The molecule has 0 saturated carbocycles. The number of rotatable bonds is 8. The van der Waals surface area contributed by atoms with Crippen LogP contribution in [0.5, 0.6) is 0 Å². The van der Waals surface area contributed by atoms with Crippen LogP contribution >= 0.6 is 0 Å². The Morgan fingerprint density at radius 1 is 1.11 bits per heavy atom. The van der Waals surface area contributed by atoms with Crippen LogP contribution in [0.2, 0.25) is 0 Å². The summed E-state index contributed by atoms with van der Waals surface area (Å²) in [5.74, 6) is -1.73. The van der Waals surface area contributed by atoms with Gasteiger partial charge >= 0.3 is 18.2 Å². The van der Waals surface area contributed by atoms with E-state index in [4.69, 9.17) is 14.2 Å². The average Bonchev–Trinajstić information content (AvgIpc) is 3.29. The number of ketones is 1. The summed E-state index contributed by atoms with van der Waals surface area (Å²) in [5, 5.41) is 0.841. The van der Waals surface area contributed by atoms with Crippen LogP contribution in [0.1, 0.15) is 58.9 Å². The number of amides is 3. The molecule has 1 aliphatic heterocycles. The molecule has 0 aliphatic carbocycles. The molecule has 1 aromatic rings. The summed E-state index contributed by atoms with van der Waals surface area (Å²) in [7, 11) is 1.17. The molecule has 11 nitrogen and oxygen atoms in total. The number of nitrogens with zero attached hydrogens (tertiary/aromatic N) is 2. The van der Waals surface area contributed by atoms with Crippen LogP contribution in [0.15, 0.2) is 30.3 Å². The molecule has 2 rings (SSSR count). The highest BCUT2D eigenvalue weighted by Gasteiger charge is 2.55. The SMILES string of the molecule is CCC(=O)C1(C(=O)OC)CCCN1C(=O)CCN(NC(=O)OCc1ccccc1)C(=O)OC(C)(C)C. The van der Waals surface area contributed by atoms with Gasteiger partial charge in [-0.1, -0.05) is 37.3 Å². The maximum absolute atomic E-state index is 13.2. The minimum atomic E-state index is -1.68. The molecule has 1 saturated heterocycles. The molecule has 1 aromatic carbocycles. The van der Waals surface area contributed by atoms with Crippen molar-refractivity contribution in [3.63, 3.8) is 0 Å². The Hall–Kier alpha value is -3.63. The Balaban J connectivity index is 2.12. The van der Waals surface area contributed by atoms with Crippen molar-refractivity contribution < 1.29 is 38.2 Å². The minimum absolute atomic E-state index is 0.0255. The zero-order valence-electron chi connectivity index (χ0n) is 21.5. The Kier molecular flexibility index (Phi) is 9.83. The molecule has 0 bridgehead atoms. The highest BCUT2D eigenvalue weighted by molar-refractivity contribution is 6.11. The molecule has 0 radical (unpaired) electrons. The van der Waals surface area contributed by atoms with E-state index >= 15 is 0 Å². The van der Waals surface area contributed by atoms with E-state index < -0.39 is 41.0 Å². The molecule has 3 amide bonds. The molecule has 1 fully saturated rings. The highest BCUT2D eigenvalue weighted by Crippen LogP contribution is 2.33. The lowest BCUT2D eigenvalue weighted by atomic mass is 9.89. The molecule has 1 aliphatic rings. The second kappa shape index (κ2) is 12.4. The van der Waals surface area contributed by atoms with Crippen LogP contribution in [0.3, 0.4) is 0 Å². The first-order valence-electron chi connectivity index (χ1n) is 11.8. The normalized spacial score (nSPS) is 17.2. The fourth-order valence-electron chi connectivity index (χ4n) is 3.95. The number of hydrazine groups is 1. The lowest BCUT2D eigenvalue weighted by Crippen LogP contribution is -2.59. The van der Waals surface area contributed by atoms with Gasteiger partial charge in [0.15, 0.2) is 11.3 Å². The maximum Gasteiger partial charge on any atom is 0.429 e. The van der Waals surface area contributed by atoms with E-state index in [2.05, 4.69) is 5.43 Å². The van der Waals surface area contributed by atoms with Crippen LogP contribution < -0.4 is 5.43 Å². The van der Waals surface area contributed by atoms with E-state index in [1.165, 1.54) is 12.0 Å². The number of benzene rings is 1. The van der Waals surface area contributed by atoms with Crippen LogP contribution in [-0.4, -0.2) is 71.1 Å². The van der Waals surface area contributed by atoms with Crippen molar-refractivity contribution >= 4 is 29.8 Å². The van der Waals surface area contributed by atoms with E-state index in [0.29, 0.717) is 6.42 Å². The van der Waals surface area contributed by atoms with E-state index in [0.717, 1.165) is 10.6 Å². The van der Waals surface area contributed by atoms with Gasteiger partial charge < -0.3 is 19.1 Å². The van der Waals surface area contributed by atoms with Gasteiger partial charge in [0.1, 0.15) is 12.2 Å². The van der Waals surface area contributed by atoms with Gasteiger partial charge in [-0.05, 0) is 39.2 Å². The topological polar surface area (TPSA) is 132 Å². The number of nitrogens with one attached hydrogen (secondary N) is 1. The van der Waals surface area contributed by atoms with Gasteiger partial charge in [0, 0.05) is 19.4 Å². The first-order valence-corrected chi connectivity index (χ1v) is 11.8. The summed E-state index contributed by atoms with van der Waals surface area (Å²) in [6, 6.07) is 8.97. The first kappa shape index (κ1) is 28.6. The van der Waals surface area contributed by atoms with Gasteiger partial charge in [-0.25, -0.2) is 24.8 Å². The zero-order chi connectivity index (χ0) is 26.9. The van der Waals surface area contributed by atoms with Gasteiger partial charge in [0.05, 0.1) is 13.7 Å². The van der Waals surface area contributed by atoms with Gasteiger partial charge in [-0.15, -0.1) is 0 Å². The van der Waals surface area contributed by atoms with Crippen LogP contribution in [0.25, 0.3) is 0 Å². The second-order valence-electron chi connectivity index (χ2n) is 9.33. The maximum atomic E-state index is 13.2. The number of esters is 1. The van der Waals surface area contributed by atoms with E-state index in [1.54, 1.807) is 52.0 Å². The summed E-state index contributed by atoms with van der Waals surface area (Å²) >= 11 is 0. The summed E-state index contributed by atoms with van der Waals surface area (Å²) in [6.07, 6.45) is -1.42. The van der Waals surface area contributed by atoms with E-state index in [-0.39, 0.29) is 39.0 Å². The second-order valence-corrected chi connectivity index (χ2v) is 9.33. The summed E-state index contributed by atoms with van der Waals surface area (Å²) in [6.45, 7) is 6.49. The lowest BCUT2D eigenvalue weighted by Gasteiger charge is -2.35. The van der Waals surface area contributed by atoms with Crippen LogP contribution in [0.4, 0.5) is 9.59 Å². The molecular weight excluding hydrogens is 470 g/mol. The zero-order valence-corrected chi connectivity index (χ0v) is 21.5. The Labute approximate surface area is 211 Å². The van der Waals surface area contributed by atoms with Crippen molar-refractivity contribution in [2.75, 3.05) is 20.2 Å². The fourth-order valence-corrected chi connectivity index (χ4v) is 3.95. The predicted molar refractivity (Wildman–Crippen MR) is 128 cm³/mol. The van der Waals surface area contributed by atoms with Crippen LogP contribution in [-0.2, 0) is 35.2 Å². The smallest absolute Gasteiger partial charge is 0.429 e. The lowest BCUT2D eigenvalue weighted by molar-refractivity contribution is -0.164. The Bertz CT molecular complexity index is 942. The average molecular weight is 506 g/mol. The molecule has 1 atom stereocenters. The molecule has 1 heterocycles. The van der Waals surface area contributed by atoms with Crippen molar-refractivity contribution in [2.45, 2.75) is 71.1 Å². The number of hydrogen-bond acceptors (Lipinski definition) is 8. The minimum Gasteiger partial charge on any atom is -0.467 e. The fraction of sp³-hybridized carbons (Fsp3) is 0.560. The molecular formula is C25H35N3O8. The molecule has 198 valence electrons. The Morgan fingerprint density at radius 2 is 1.78 bits per heavy atom. The third-order valence-corrected chi connectivity index (χ3v) is 5.59. The quantitative estimate of drug-likeness (QED) is 0.247. The molecule has 1 N–H and O–H groups in total. The molecule has 0 spiro atoms. The first-order chi connectivity index (χ1) is 16.9. The molecule has 36 heavy (non-hydrogen) atoms. The van der Waals surface area contributed by atoms with Gasteiger partial charge in [0.2, 0.25) is 5.91 Å². The summed E-state index contributed by atoms with van der Waals surface area (Å²) in [4.78, 5) is 64.8. The van der Waals surface area contributed by atoms with Crippen LogP contribution in [0, 0.1) is 0 Å². The van der Waals surface area contributed by atoms with Crippen molar-refractivity contribution in [1.29, 1.82) is 0 Å². The van der Waals surface area contributed by atoms with Crippen molar-refractivity contribution in [2.24, 2.45) is 0 Å². The third-order valence-electron chi connectivity index (χ3n) is 5.59. The van der Waals surface area contributed by atoms with Crippen molar-refractivity contribution in [1.82, 2.24) is 15.3 Å². The number of ether oxygens (including phenoxy) is 3. The number of methoxy groups -OCH3 is 1.